The summed E-state index contributed by atoms with van der Waals surface area (Å²) < 4.78 is 0. The SMILES string of the molecule is CC[C@]12CC[C@H]3[C@H]([C@@H]1[C@@H]1C[C@@H]1[C@H]2/C=C\C(=O)O)[C@](O)(C1CC1)CC1=CC(=O)CC[C@@H]13. The van der Waals surface area contributed by atoms with Crippen LogP contribution in [0.3, 0.4) is 0 Å². The van der Waals surface area contributed by atoms with E-state index in [0.717, 1.165) is 38.5 Å². The fourth-order valence-corrected chi connectivity index (χ4v) is 9.26. The highest BCUT2D eigenvalue weighted by molar-refractivity contribution is 5.91. The van der Waals surface area contributed by atoms with Crippen LogP contribution < -0.4 is 0 Å². The molecule has 0 radical (unpaired) electrons. The van der Waals surface area contributed by atoms with Crippen LogP contribution in [-0.2, 0) is 9.59 Å². The van der Waals surface area contributed by atoms with Crippen molar-refractivity contribution >= 4 is 11.8 Å². The zero-order chi connectivity index (χ0) is 20.8. The number of rotatable bonds is 4. The number of aliphatic hydroxyl groups is 1. The van der Waals surface area contributed by atoms with Gasteiger partial charge in [-0.1, -0.05) is 18.6 Å². The summed E-state index contributed by atoms with van der Waals surface area (Å²) in [5, 5.41) is 21.5. The van der Waals surface area contributed by atoms with E-state index in [1.54, 1.807) is 0 Å². The highest BCUT2D eigenvalue weighted by atomic mass is 16.4. The maximum Gasteiger partial charge on any atom is 0.327 e. The van der Waals surface area contributed by atoms with Crippen LogP contribution in [0.15, 0.2) is 23.8 Å². The van der Waals surface area contributed by atoms with E-state index in [4.69, 9.17) is 0 Å². The lowest BCUT2D eigenvalue weighted by Crippen LogP contribution is -2.60. The van der Waals surface area contributed by atoms with Crippen LogP contribution in [0.1, 0.15) is 64.7 Å². The van der Waals surface area contributed by atoms with Crippen molar-refractivity contribution in [1.29, 1.82) is 0 Å². The third-order valence-corrected chi connectivity index (χ3v) is 10.4. The number of hydrogen-bond acceptors (Lipinski definition) is 3. The molecule has 0 aliphatic heterocycles. The lowest BCUT2D eigenvalue weighted by atomic mass is 9.44. The van der Waals surface area contributed by atoms with Gasteiger partial charge in [-0.15, -0.1) is 0 Å². The monoisotopic (exact) mass is 410 g/mol. The molecule has 5 fully saturated rings. The largest absolute Gasteiger partial charge is 0.478 e. The Labute approximate surface area is 178 Å². The van der Waals surface area contributed by atoms with E-state index < -0.39 is 11.6 Å². The van der Waals surface area contributed by atoms with E-state index in [-0.39, 0.29) is 11.2 Å². The van der Waals surface area contributed by atoms with Crippen molar-refractivity contribution in [3.05, 3.63) is 23.8 Å². The fraction of sp³-hybridized carbons (Fsp3) is 0.769. The van der Waals surface area contributed by atoms with Crippen molar-refractivity contribution in [2.75, 3.05) is 0 Å². The first-order chi connectivity index (χ1) is 14.4. The van der Waals surface area contributed by atoms with Gasteiger partial charge in [0, 0.05) is 12.5 Å². The van der Waals surface area contributed by atoms with Gasteiger partial charge >= 0.3 is 5.97 Å². The second kappa shape index (κ2) is 6.31. The molecule has 0 spiro atoms. The van der Waals surface area contributed by atoms with Gasteiger partial charge in [0.2, 0.25) is 0 Å². The molecule has 6 rings (SSSR count). The quantitative estimate of drug-likeness (QED) is 0.675. The number of allylic oxidation sites excluding steroid dienone is 1. The predicted octanol–water partition coefficient (Wildman–Crippen LogP) is 4.38. The molecular weight excluding hydrogens is 376 g/mol. The highest BCUT2D eigenvalue weighted by Gasteiger charge is 2.73. The van der Waals surface area contributed by atoms with E-state index in [2.05, 4.69) is 6.92 Å². The molecule has 4 heteroatoms. The first-order valence-electron chi connectivity index (χ1n) is 12.3. The Morgan fingerprint density at radius 1 is 1.17 bits per heavy atom. The lowest BCUT2D eigenvalue weighted by molar-refractivity contribution is -0.167. The third-order valence-electron chi connectivity index (χ3n) is 10.4. The molecule has 4 nitrogen and oxygen atoms in total. The Hall–Kier alpha value is -1.42. The van der Waals surface area contributed by atoms with Gasteiger partial charge in [0.05, 0.1) is 5.60 Å². The number of carbonyl (C=O) groups is 2. The number of hydrogen-bond donors (Lipinski definition) is 2. The standard InChI is InChI=1S/C26H34O4/c1-2-25-10-9-18-17-6-5-16(27)11-14(17)13-26(30,15-3-4-15)24(18)23(25)20-12-19(20)21(25)7-8-22(28)29/h7-8,11,15,17-21,23-24,30H,2-6,9-10,12-13H2,1H3,(H,28,29)/b8-7-/t17-,18+,19-,20+,21+,23-,24+,25+,26+/m0/s1. The van der Waals surface area contributed by atoms with Gasteiger partial charge in [-0.25, -0.2) is 4.79 Å². The van der Waals surface area contributed by atoms with Gasteiger partial charge in [-0.2, -0.15) is 0 Å². The van der Waals surface area contributed by atoms with Gasteiger partial charge in [-0.3, -0.25) is 4.79 Å². The van der Waals surface area contributed by atoms with Gasteiger partial charge in [-0.05, 0) is 110 Å². The second-order valence-electron chi connectivity index (χ2n) is 11.4. The minimum Gasteiger partial charge on any atom is -0.478 e. The molecule has 0 saturated heterocycles. The highest BCUT2D eigenvalue weighted by Crippen LogP contribution is 2.77. The van der Waals surface area contributed by atoms with E-state index in [1.165, 1.54) is 18.1 Å². The lowest BCUT2D eigenvalue weighted by Gasteiger charge is -2.61. The summed E-state index contributed by atoms with van der Waals surface area (Å²) in [5.74, 6) is 3.23. The van der Waals surface area contributed by atoms with Gasteiger partial charge in [0.15, 0.2) is 5.78 Å². The predicted molar refractivity (Wildman–Crippen MR) is 112 cm³/mol. The molecule has 162 valence electrons. The molecule has 0 bridgehead atoms. The van der Waals surface area contributed by atoms with Crippen molar-refractivity contribution in [3.63, 3.8) is 0 Å². The minimum atomic E-state index is -0.843. The van der Waals surface area contributed by atoms with Crippen molar-refractivity contribution in [2.45, 2.75) is 70.3 Å². The molecule has 0 aromatic heterocycles. The zero-order valence-corrected chi connectivity index (χ0v) is 17.9. The van der Waals surface area contributed by atoms with Crippen LogP contribution in [0, 0.1) is 52.8 Å². The molecule has 6 aliphatic rings. The summed E-state index contributed by atoms with van der Waals surface area (Å²) in [6, 6.07) is 0. The first-order valence-corrected chi connectivity index (χ1v) is 12.3. The van der Waals surface area contributed by atoms with Crippen LogP contribution in [0.5, 0.6) is 0 Å². The van der Waals surface area contributed by atoms with E-state index >= 15 is 0 Å². The van der Waals surface area contributed by atoms with Crippen molar-refractivity contribution in [3.8, 4) is 0 Å². The van der Waals surface area contributed by atoms with Gasteiger partial charge in [0.25, 0.3) is 0 Å². The normalized spacial score (nSPS) is 51.6. The van der Waals surface area contributed by atoms with Crippen molar-refractivity contribution in [1.82, 2.24) is 0 Å². The zero-order valence-electron chi connectivity index (χ0n) is 17.9. The van der Waals surface area contributed by atoms with Crippen molar-refractivity contribution in [2.24, 2.45) is 52.8 Å². The molecule has 6 aliphatic carbocycles. The summed E-state index contributed by atoms with van der Waals surface area (Å²) in [5.41, 5.74) is 0.739. The molecule has 0 unspecified atom stereocenters. The fourth-order valence-electron chi connectivity index (χ4n) is 9.26. The van der Waals surface area contributed by atoms with Crippen LogP contribution in [0.25, 0.3) is 0 Å². The minimum absolute atomic E-state index is 0.148. The molecule has 2 N–H and O–H groups in total. The van der Waals surface area contributed by atoms with E-state index in [9.17, 15) is 19.8 Å². The second-order valence-corrected chi connectivity index (χ2v) is 11.4. The number of aliphatic carboxylic acids is 1. The number of ketones is 1. The molecule has 30 heavy (non-hydrogen) atoms. The smallest absolute Gasteiger partial charge is 0.327 e. The molecule has 9 atom stereocenters. The van der Waals surface area contributed by atoms with E-state index in [0.29, 0.717) is 60.2 Å². The first kappa shape index (κ1) is 19.3. The molecule has 5 saturated carbocycles. The summed E-state index contributed by atoms with van der Waals surface area (Å²) >= 11 is 0. The average molecular weight is 411 g/mol. The molecule has 0 heterocycles. The number of carboxylic acid groups (broad SMARTS) is 1. The number of fused-ring (bicyclic) bond motifs is 7. The average Bonchev–Trinajstić information content (AvgIpc) is 3.62. The van der Waals surface area contributed by atoms with Crippen LogP contribution >= 0.6 is 0 Å². The van der Waals surface area contributed by atoms with Crippen LogP contribution in [0.4, 0.5) is 0 Å². The summed E-state index contributed by atoms with van der Waals surface area (Å²) in [6.45, 7) is 2.29. The topological polar surface area (TPSA) is 74.6 Å². The number of carboxylic acids is 1. The molecule has 0 aromatic carbocycles. The maximum atomic E-state index is 12.3. The Kier molecular flexibility index (Phi) is 4.05. The molecular formula is C26H34O4. The number of carbonyl (C=O) groups excluding carboxylic acids is 1. The van der Waals surface area contributed by atoms with Crippen LogP contribution in [-0.4, -0.2) is 27.6 Å². The van der Waals surface area contributed by atoms with Gasteiger partial charge < -0.3 is 10.2 Å². The summed E-state index contributed by atoms with van der Waals surface area (Å²) in [6.07, 6.45) is 14.4. The summed E-state index contributed by atoms with van der Waals surface area (Å²) in [4.78, 5) is 23.5. The van der Waals surface area contributed by atoms with Crippen molar-refractivity contribution < 1.29 is 19.8 Å². The maximum absolute atomic E-state index is 12.3. The van der Waals surface area contributed by atoms with Crippen LogP contribution in [0.2, 0.25) is 0 Å². The Bertz CT molecular complexity index is 853. The Morgan fingerprint density at radius 2 is 1.97 bits per heavy atom. The van der Waals surface area contributed by atoms with E-state index in [1.807, 2.05) is 12.2 Å². The third kappa shape index (κ3) is 2.49. The molecule has 0 aromatic rings. The Balaban J connectivity index is 1.43. The van der Waals surface area contributed by atoms with Gasteiger partial charge in [0.1, 0.15) is 0 Å². The molecule has 0 amide bonds. The summed E-state index contributed by atoms with van der Waals surface area (Å²) in [7, 11) is 0. The Morgan fingerprint density at radius 3 is 2.67 bits per heavy atom.